The van der Waals surface area contributed by atoms with Crippen molar-refractivity contribution in [2.45, 2.75) is 123 Å². The van der Waals surface area contributed by atoms with Crippen molar-refractivity contribution in [3.63, 3.8) is 0 Å². The zero-order valence-electron chi connectivity index (χ0n) is 21.3. The van der Waals surface area contributed by atoms with Crippen molar-refractivity contribution in [1.82, 2.24) is 0 Å². The van der Waals surface area contributed by atoms with Gasteiger partial charge in [0.15, 0.2) is 0 Å². The third-order valence-electron chi connectivity index (χ3n) is 9.53. The van der Waals surface area contributed by atoms with E-state index < -0.39 is 0 Å². The maximum absolute atomic E-state index is 11.8. The van der Waals surface area contributed by atoms with Gasteiger partial charge in [0.2, 0.25) is 0 Å². The lowest BCUT2D eigenvalue weighted by atomic mass is 9.52. The van der Waals surface area contributed by atoms with Gasteiger partial charge in [-0.2, -0.15) is 0 Å². The second kappa shape index (κ2) is 10.8. The highest BCUT2D eigenvalue weighted by molar-refractivity contribution is 5.66. The van der Waals surface area contributed by atoms with E-state index in [2.05, 4.69) is 19.9 Å². The number of ether oxygens (including phenoxy) is 1. The Morgan fingerprint density at radius 3 is 2.52 bits per heavy atom. The number of hydrogen-bond donors (Lipinski definition) is 1. The molecule has 0 saturated heterocycles. The minimum absolute atomic E-state index is 0.0888. The van der Waals surface area contributed by atoms with Gasteiger partial charge in [0.1, 0.15) is 11.9 Å². The molecule has 3 heteroatoms. The predicted octanol–water partition coefficient (Wildman–Crippen LogP) is 7.94. The molecule has 6 atom stereocenters. The normalized spacial score (nSPS) is 32.6. The van der Waals surface area contributed by atoms with Crippen LogP contribution in [0.2, 0.25) is 0 Å². The fourth-order valence-corrected chi connectivity index (χ4v) is 7.94. The molecule has 1 aromatic carbocycles. The van der Waals surface area contributed by atoms with Crippen LogP contribution in [0, 0.1) is 23.2 Å². The highest BCUT2D eigenvalue weighted by atomic mass is 16.5. The molecule has 3 aliphatic rings. The topological polar surface area (TPSA) is 46.5 Å². The number of fused-ring (bicyclic) bond motifs is 5. The molecule has 3 aliphatic carbocycles. The average Bonchev–Trinajstić information content (AvgIpc) is 3.10. The molecule has 0 aromatic heterocycles. The van der Waals surface area contributed by atoms with Crippen LogP contribution < -0.4 is 0 Å². The number of phenols is 1. The number of hydrogen-bond acceptors (Lipinski definition) is 3. The zero-order valence-corrected chi connectivity index (χ0v) is 21.3. The minimum atomic E-state index is -0.121. The number of benzene rings is 1. The van der Waals surface area contributed by atoms with E-state index in [1.165, 1.54) is 81.8 Å². The number of rotatable bonds is 10. The van der Waals surface area contributed by atoms with E-state index in [1.807, 2.05) is 12.1 Å². The van der Waals surface area contributed by atoms with Crippen molar-refractivity contribution < 1.29 is 14.6 Å². The summed E-state index contributed by atoms with van der Waals surface area (Å²) < 4.78 is 5.87. The highest BCUT2D eigenvalue weighted by Crippen LogP contribution is 2.63. The summed E-state index contributed by atoms with van der Waals surface area (Å²) in [6, 6.07) is 6.13. The zero-order chi connectivity index (χ0) is 23.4. The fourth-order valence-electron chi connectivity index (χ4n) is 7.94. The summed E-state index contributed by atoms with van der Waals surface area (Å²) in [6.45, 7) is 6.26. The third kappa shape index (κ3) is 5.28. The molecule has 0 radical (unpaired) electrons. The summed E-state index contributed by atoms with van der Waals surface area (Å²) in [5.41, 5.74) is 3.00. The van der Waals surface area contributed by atoms with Gasteiger partial charge in [-0.25, -0.2) is 0 Å². The van der Waals surface area contributed by atoms with Gasteiger partial charge in [-0.3, -0.25) is 4.79 Å². The Hall–Kier alpha value is -1.51. The summed E-state index contributed by atoms with van der Waals surface area (Å²) in [6.07, 6.45) is 18.0. The van der Waals surface area contributed by atoms with Crippen LogP contribution >= 0.6 is 0 Å². The summed E-state index contributed by atoms with van der Waals surface area (Å²) in [7, 11) is 0. The molecule has 2 fully saturated rings. The second-order valence-corrected chi connectivity index (χ2v) is 11.6. The lowest BCUT2D eigenvalue weighted by Gasteiger charge is -2.53. The van der Waals surface area contributed by atoms with Crippen LogP contribution in [0.15, 0.2) is 18.2 Å². The smallest absolute Gasteiger partial charge is 0.302 e. The van der Waals surface area contributed by atoms with Crippen molar-refractivity contribution in [2.24, 2.45) is 23.2 Å². The minimum Gasteiger partial charge on any atom is -0.508 e. The number of aromatic hydroxyl groups is 1. The van der Waals surface area contributed by atoms with Gasteiger partial charge in [-0.05, 0) is 85.5 Å². The largest absolute Gasteiger partial charge is 0.508 e. The van der Waals surface area contributed by atoms with Crippen molar-refractivity contribution in [1.29, 1.82) is 0 Å². The molecule has 0 heterocycles. The number of carbonyl (C=O) groups is 1. The first kappa shape index (κ1) is 24.6. The van der Waals surface area contributed by atoms with Crippen molar-refractivity contribution >= 4 is 5.97 Å². The van der Waals surface area contributed by atoms with Gasteiger partial charge in [-0.15, -0.1) is 0 Å². The van der Waals surface area contributed by atoms with Gasteiger partial charge in [-0.1, -0.05) is 71.3 Å². The van der Waals surface area contributed by atoms with Gasteiger partial charge in [0.05, 0.1) is 0 Å². The van der Waals surface area contributed by atoms with Crippen molar-refractivity contribution in [2.75, 3.05) is 0 Å². The van der Waals surface area contributed by atoms with Crippen LogP contribution in [0.1, 0.15) is 121 Å². The fraction of sp³-hybridized carbons (Fsp3) is 0.767. The molecular weight excluding hydrogens is 408 g/mol. The van der Waals surface area contributed by atoms with Gasteiger partial charge in [0.25, 0.3) is 0 Å². The molecule has 184 valence electrons. The molecule has 2 saturated carbocycles. The van der Waals surface area contributed by atoms with E-state index in [4.69, 9.17) is 4.74 Å². The first-order chi connectivity index (χ1) is 15.9. The Morgan fingerprint density at radius 2 is 1.79 bits per heavy atom. The summed E-state index contributed by atoms with van der Waals surface area (Å²) in [5.74, 6) is 2.90. The molecule has 1 N–H and O–H groups in total. The van der Waals surface area contributed by atoms with Crippen molar-refractivity contribution in [3.05, 3.63) is 29.3 Å². The highest BCUT2D eigenvalue weighted by Gasteiger charge is 2.57. The Bertz CT molecular complexity index is 802. The van der Waals surface area contributed by atoms with Crippen LogP contribution in [0.5, 0.6) is 5.75 Å². The van der Waals surface area contributed by atoms with Gasteiger partial charge >= 0.3 is 5.97 Å². The van der Waals surface area contributed by atoms with E-state index in [0.717, 1.165) is 19.3 Å². The summed E-state index contributed by atoms with van der Waals surface area (Å²) >= 11 is 0. The van der Waals surface area contributed by atoms with Gasteiger partial charge in [0, 0.05) is 12.3 Å². The summed E-state index contributed by atoms with van der Waals surface area (Å²) in [4.78, 5) is 11.8. The van der Waals surface area contributed by atoms with Gasteiger partial charge < -0.3 is 9.84 Å². The molecule has 4 rings (SSSR count). The average molecular weight is 455 g/mol. The van der Waals surface area contributed by atoms with E-state index in [1.54, 1.807) is 6.92 Å². The number of carbonyl (C=O) groups excluding carboxylic acids is 1. The molecule has 0 aliphatic heterocycles. The SMILES string of the molecule is CCCCCCCCCC[C@@H]1Cc2cc(O)ccc2C2CC[C@@]3(C)C(CC[C@@H]3OC(C)=O)C21. The Labute approximate surface area is 201 Å². The molecule has 3 nitrogen and oxygen atoms in total. The molecule has 33 heavy (non-hydrogen) atoms. The Balaban J connectivity index is 1.46. The standard InChI is InChI=1S/C30H46O3/c1-4-5-6-7-8-9-10-11-12-22-19-23-20-24(32)13-14-25(23)26-17-18-30(3)27(29(22)26)15-16-28(30)33-21(2)31/h13-14,20,22,26-29,32H,4-12,15-19H2,1-3H3/t22-,26?,27?,28+,29?,30+/m1/s1. The van der Waals surface area contributed by atoms with Crippen LogP contribution in [-0.2, 0) is 16.0 Å². The summed E-state index contributed by atoms with van der Waals surface area (Å²) in [5, 5.41) is 10.2. The van der Waals surface area contributed by atoms with E-state index in [0.29, 0.717) is 29.4 Å². The maximum Gasteiger partial charge on any atom is 0.302 e. The van der Waals surface area contributed by atoms with Crippen LogP contribution in [-0.4, -0.2) is 17.2 Å². The molecule has 3 unspecified atom stereocenters. The van der Waals surface area contributed by atoms with Crippen LogP contribution in [0.4, 0.5) is 0 Å². The van der Waals surface area contributed by atoms with Crippen LogP contribution in [0.3, 0.4) is 0 Å². The lowest BCUT2D eigenvalue weighted by molar-refractivity contribution is -0.155. The molecule has 0 spiro atoms. The first-order valence-corrected chi connectivity index (χ1v) is 13.9. The molecule has 0 amide bonds. The Morgan fingerprint density at radius 1 is 1.06 bits per heavy atom. The Kier molecular flexibility index (Phi) is 8.07. The number of esters is 1. The first-order valence-electron chi connectivity index (χ1n) is 13.9. The van der Waals surface area contributed by atoms with E-state index >= 15 is 0 Å². The molecule has 1 aromatic rings. The number of phenolic OH excluding ortho intramolecular Hbond substituents is 1. The molecule has 0 bridgehead atoms. The monoisotopic (exact) mass is 454 g/mol. The van der Waals surface area contributed by atoms with E-state index in [9.17, 15) is 9.90 Å². The second-order valence-electron chi connectivity index (χ2n) is 11.6. The maximum atomic E-state index is 11.8. The third-order valence-corrected chi connectivity index (χ3v) is 9.53. The predicted molar refractivity (Wildman–Crippen MR) is 134 cm³/mol. The lowest BCUT2D eigenvalue weighted by Crippen LogP contribution is -2.48. The van der Waals surface area contributed by atoms with Crippen molar-refractivity contribution in [3.8, 4) is 5.75 Å². The van der Waals surface area contributed by atoms with Crippen LogP contribution in [0.25, 0.3) is 0 Å². The van der Waals surface area contributed by atoms with E-state index in [-0.39, 0.29) is 17.5 Å². The quantitative estimate of drug-likeness (QED) is 0.288. The number of unbranched alkanes of at least 4 members (excludes halogenated alkanes) is 7. The molecular formula is C30H46O3.